The van der Waals surface area contributed by atoms with Crippen LogP contribution in [0, 0.1) is 0 Å². The summed E-state index contributed by atoms with van der Waals surface area (Å²) in [5, 5.41) is 5.05. The van der Waals surface area contributed by atoms with Gasteiger partial charge in [-0.05, 0) is 24.3 Å². The Balaban J connectivity index is 2.26. The third-order valence-corrected chi connectivity index (χ3v) is 4.03. The number of benzene rings is 1. The highest BCUT2D eigenvalue weighted by molar-refractivity contribution is 7.89. The number of ether oxygens (including phenoxy) is 2. The standard InChI is InChI=1S/C12H16N2O5S/c1-18-12(15)11-8-19-7-6-14(11)9-2-4-10(5-3-9)20(13,16)17/h2-5,11H,6-8H2,1H3,(H2,13,16,17). The molecule has 1 aromatic carbocycles. The van der Waals surface area contributed by atoms with E-state index in [1.807, 2.05) is 4.90 Å². The van der Waals surface area contributed by atoms with Crippen molar-refractivity contribution in [1.82, 2.24) is 0 Å². The number of nitrogens with two attached hydrogens (primary N) is 1. The van der Waals surface area contributed by atoms with Crippen molar-refractivity contribution < 1.29 is 22.7 Å². The van der Waals surface area contributed by atoms with Crippen molar-refractivity contribution >= 4 is 21.7 Å². The van der Waals surface area contributed by atoms with Crippen molar-refractivity contribution in [2.24, 2.45) is 5.14 Å². The molecule has 1 aromatic rings. The highest BCUT2D eigenvalue weighted by Gasteiger charge is 2.30. The molecule has 0 aromatic heterocycles. The van der Waals surface area contributed by atoms with E-state index in [1.54, 1.807) is 12.1 Å². The summed E-state index contributed by atoms with van der Waals surface area (Å²) in [6.07, 6.45) is 0. The van der Waals surface area contributed by atoms with Gasteiger partial charge < -0.3 is 14.4 Å². The van der Waals surface area contributed by atoms with Gasteiger partial charge in [0.05, 0.1) is 25.2 Å². The molecule has 1 aliphatic heterocycles. The summed E-state index contributed by atoms with van der Waals surface area (Å²) >= 11 is 0. The Bertz CT molecular complexity index is 584. The predicted octanol–water partition coefficient (Wildman–Crippen LogP) is -0.288. The molecular formula is C12H16N2O5S. The summed E-state index contributed by atoms with van der Waals surface area (Å²) in [4.78, 5) is 13.6. The topological polar surface area (TPSA) is 98.9 Å². The van der Waals surface area contributed by atoms with E-state index in [4.69, 9.17) is 14.6 Å². The van der Waals surface area contributed by atoms with Gasteiger partial charge in [0.25, 0.3) is 0 Å². The van der Waals surface area contributed by atoms with E-state index in [2.05, 4.69) is 0 Å². The molecule has 0 aliphatic carbocycles. The van der Waals surface area contributed by atoms with Crippen LogP contribution in [0.3, 0.4) is 0 Å². The van der Waals surface area contributed by atoms with Crippen molar-refractivity contribution in [3.63, 3.8) is 0 Å². The third-order valence-electron chi connectivity index (χ3n) is 3.10. The predicted molar refractivity (Wildman–Crippen MR) is 71.8 cm³/mol. The van der Waals surface area contributed by atoms with Crippen LogP contribution in [-0.2, 0) is 24.3 Å². The SMILES string of the molecule is COC(=O)C1COCCN1c1ccc(S(N)(=O)=O)cc1. The van der Waals surface area contributed by atoms with Crippen LogP contribution >= 0.6 is 0 Å². The van der Waals surface area contributed by atoms with E-state index in [0.29, 0.717) is 13.2 Å². The number of anilines is 1. The second-order valence-electron chi connectivity index (χ2n) is 4.35. The summed E-state index contributed by atoms with van der Waals surface area (Å²) < 4.78 is 32.4. The van der Waals surface area contributed by atoms with Gasteiger partial charge in [0.1, 0.15) is 0 Å². The summed E-state index contributed by atoms with van der Waals surface area (Å²) in [5.41, 5.74) is 0.719. The third kappa shape index (κ3) is 3.09. The molecule has 7 nitrogen and oxygen atoms in total. The second-order valence-corrected chi connectivity index (χ2v) is 5.91. The Morgan fingerprint density at radius 3 is 2.60 bits per heavy atom. The Morgan fingerprint density at radius 1 is 1.40 bits per heavy atom. The molecule has 2 rings (SSSR count). The smallest absolute Gasteiger partial charge is 0.330 e. The lowest BCUT2D eigenvalue weighted by Crippen LogP contribution is -2.50. The van der Waals surface area contributed by atoms with Gasteiger partial charge in [-0.25, -0.2) is 18.4 Å². The number of morpholine rings is 1. The van der Waals surface area contributed by atoms with Crippen LogP contribution in [0.15, 0.2) is 29.2 Å². The van der Waals surface area contributed by atoms with Gasteiger partial charge >= 0.3 is 5.97 Å². The maximum absolute atomic E-state index is 11.7. The Morgan fingerprint density at radius 2 is 2.05 bits per heavy atom. The first-order chi connectivity index (χ1) is 9.43. The number of rotatable bonds is 3. The van der Waals surface area contributed by atoms with Gasteiger partial charge in [0.15, 0.2) is 6.04 Å². The van der Waals surface area contributed by atoms with Crippen LogP contribution in [-0.4, -0.2) is 47.3 Å². The first kappa shape index (κ1) is 14.8. The van der Waals surface area contributed by atoms with Crippen molar-refractivity contribution in [2.75, 3.05) is 31.8 Å². The maximum Gasteiger partial charge on any atom is 0.330 e. The number of carbonyl (C=O) groups excluding carboxylic acids is 1. The van der Waals surface area contributed by atoms with Gasteiger partial charge in [-0.2, -0.15) is 0 Å². The van der Waals surface area contributed by atoms with Crippen molar-refractivity contribution in [2.45, 2.75) is 10.9 Å². The first-order valence-electron chi connectivity index (χ1n) is 5.98. The van der Waals surface area contributed by atoms with Crippen LogP contribution in [0.25, 0.3) is 0 Å². The molecule has 2 N–H and O–H groups in total. The highest BCUT2D eigenvalue weighted by Crippen LogP contribution is 2.22. The zero-order valence-electron chi connectivity index (χ0n) is 11.0. The zero-order chi connectivity index (χ0) is 14.8. The average Bonchev–Trinajstić information content (AvgIpc) is 2.45. The van der Waals surface area contributed by atoms with Crippen LogP contribution in [0.2, 0.25) is 0 Å². The number of primary sulfonamides is 1. The Labute approximate surface area is 117 Å². The van der Waals surface area contributed by atoms with Crippen molar-refractivity contribution in [3.05, 3.63) is 24.3 Å². The highest BCUT2D eigenvalue weighted by atomic mass is 32.2. The molecule has 1 unspecified atom stereocenters. The normalized spacial score (nSPS) is 19.7. The largest absolute Gasteiger partial charge is 0.467 e. The minimum absolute atomic E-state index is 0.0316. The fourth-order valence-electron chi connectivity index (χ4n) is 2.07. The molecule has 1 heterocycles. The quantitative estimate of drug-likeness (QED) is 0.770. The van der Waals surface area contributed by atoms with Crippen LogP contribution in [0.5, 0.6) is 0 Å². The van der Waals surface area contributed by atoms with E-state index in [-0.39, 0.29) is 17.5 Å². The molecule has 1 aliphatic rings. The summed E-state index contributed by atoms with van der Waals surface area (Å²) in [6, 6.07) is 5.51. The van der Waals surface area contributed by atoms with Gasteiger partial charge in [0, 0.05) is 12.2 Å². The van der Waals surface area contributed by atoms with E-state index in [9.17, 15) is 13.2 Å². The number of nitrogens with zero attached hydrogens (tertiary/aromatic N) is 1. The first-order valence-corrected chi connectivity index (χ1v) is 7.53. The average molecular weight is 300 g/mol. The van der Waals surface area contributed by atoms with Crippen molar-refractivity contribution in [3.8, 4) is 0 Å². The number of methoxy groups -OCH3 is 1. The number of carbonyl (C=O) groups is 1. The molecule has 0 saturated carbocycles. The summed E-state index contributed by atoms with van der Waals surface area (Å²) in [7, 11) is -2.40. The van der Waals surface area contributed by atoms with E-state index >= 15 is 0 Å². The molecule has 0 amide bonds. The number of esters is 1. The Kier molecular flexibility index (Phi) is 4.26. The molecule has 0 radical (unpaired) electrons. The number of hydrogen-bond donors (Lipinski definition) is 1. The summed E-state index contributed by atoms with van der Waals surface area (Å²) in [5.74, 6) is -0.389. The molecule has 1 fully saturated rings. The molecular weight excluding hydrogens is 284 g/mol. The van der Waals surface area contributed by atoms with E-state index < -0.39 is 16.1 Å². The van der Waals surface area contributed by atoms with E-state index in [1.165, 1.54) is 19.2 Å². The molecule has 110 valence electrons. The van der Waals surface area contributed by atoms with Crippen LogP contribution in [0.4, 0.5) is 5.69 Å². The molecule has 1 saturated heterocycles. The minimum Gasteiger partial charge on any atom is -0.467 e. The van der Waals surface area contributed by atoms with Gasteiger partial charge in [-0.3, -0.25) is 0 Å². The van der Waals surface area contributed by atoms with Gasteiger partial charge in [0.2, 0.25) is 10.0 Å². The molecule has 0 bridgehead atoms. The summed E-state index contributed by atoms with van der Waals surface area (Å²) in [6.45, 7) is 1.25. The van der Waals surface area contributed by atoms with E-state index in [0.717, 1.165) is 5.69 Å². The second kappa shape index (κ2) is 5.78. The minimum atomic E-state index is -3.72. The number of sulfonamides is 1. The number of hydrogen-bond acceptors (Lipinski definition) is 6. The van der Waals surface area contributed by atoms with Gasteiger partial charge in [-0.15, -0.1) is 0 Å². The fourth-order valence-corrected chi connectivity index (χ4v) is 2.59. The molecule has 1 atom stereocenters. The monoisotopic (exact) mass is 300 g/mol. The van der Waals surface area contributed by atoms with Crippen LogP contribution < -0.4 is 10.0 Å². The fraction of sp³-hybridized carbons (Fsp3) is 0.417. The lowest BCUT2D eigenvalue weighted by Gasteiger charge is -2.35. The lowest BCUT2D eigenvalue weighted by atomic mass is 10.2. The molecule has 8 heteroatoms. The molecule has 20 heavy (non-hydrogen) atoms. The lowest BCUT2D eigenvalue weighted by molar-refractivity contribution is -0.144. The van der Waals surface area contributed by atoms with Gasteiger partial charge in [-0.1, -0.05) is 0 Å². The zero-order valence-corrected chi connectivity index (χ0v) is 11.8. The van der Waals surface area contributed by atoms with Crippen molar-refractivity contribution in [1.29, 1.82) is 0 Å². The Hall–Kier alpha value is -1.64. The molecule has 0 spiro atoms. The van der Waals surface area contributed by atoms with Crippen LogP contribution in [0.1, 0.15) is 0 Å². The maximum atomic E-state index is 11.7.